The Balaban J connectivity index is 1.54. The summed E-state index contributed by atoms with van der Waals surface area (Å²) in [4.78, 5) is 24.2. The number of amides is 1. The van der Waals surface area contributed by atoms with Gasteiger partial charge in [-0.2, -0.15) is 13.2 Å². The second-order valence-corrected chi connectivity index (χ2v) is 8.33. The van der Waals surface area contributed by atoms with Crippen molar-refractivity contribution in [2.75, 3.05) is 6.54 Å². The molecule has 1 aliphatic heterocycles. The number of benzene rings is 3. The molecule has 1 aliphatic rings. The maximum Gasteiger partial charge on any atom is 0.416 e. The van der Waals surface area contributed by atoms with Crippen molar-refractivity contribution < 1.29 is 23.1 Å². The Kier molecular flexibility index (Phi) is 5.23. The summed E-state index contributed by atoms with van der Waals surface area (Å²) in [6.07, 6.45) is -3.93. The quantitative estimate of drug-likeness (QED) is 0.425. The van der Waals surface area contributed by atoms with E-state index < -0.39 is 11.7 Å². The van der Waals surface area contributed by atoms with Crippen LogP contribution in [0.5, 0.6) is 5.75 Å². The van der Waals surface area contributed by atoms with Crippen LogP contribution in [-0.2, 0) is 19.1 Å². The summed E-state index contributed by atoms with van der Waals surface area (Å²) in [6, 6.07) is 15.4. The van der Waals surface area contributed by atoms with Crippen molar-refractivity contribution >= 4 is 16.8 Å². The molecule has 172 valence electrons. The van der Waals surface area contributed by atoms with Crippen LogP contribution in [0.1, 0.15) is 32.7 Å². The third-order valence-electron chi connectivity index (χ3n) is 6.14. The number of hydrogen-bond donors (Lipinski definition) is 1. The fraction of sp³-hybridized carbons (Fsp3) is 0.192. The number of alkyl halides is 3. The lowest BCUT2D eigenvalue weighted by atomic mass is 9.96. The van der Waals surface area contributed by atoms with Crippen LogP contribution in [0, 0.1) is 6.92 Å². The van der Waals surface area contributed by atoms with Crippen LogP contribution in [-0.4, -0.2) is 32.4 Å². The number of fused-ring (bicyclic) bond motifs is 2. The molecule has 0 radical (unpaired) electrons. The molecule has 0 bridgehead atoms. The zero-order chi connectivity index (χ0) is 24.0. The first-order valence-corrected chi connectivity index (χ1v) is 10.8. The zero-order valence-electron chi connectivity index (χ0n) is 18.2. The lowest BCUT2D eigenvalue weighted by molar-refractivity contribution is -0.137. The van der Waals surface area contributed by atoms with Crippen molar-refractivity contribution in [1.82, 2.24) is 14.9 Å². The number of carbonyl (C=O) groups is 1. The highest BCUT2D eigenvalue weighted by molar-refractivity contribution is 6.05. The number of halogens is 3. The number of phenolic OH excluding ortho intramolecular Hbond substituents is 1. The Morgan fingerprint density at radius 3 is 2.47 bits per heavy atom. The highest BCUT2D eigenvalue weighted by Crippen LogP contribution is 2.33. The molecule has 1 amide bonds. The molecule has 5 rings (SSSR count). The van der Waals surface area contributed by atoms with Crippen LogP contribution in [0.25, 0.3) is 22.3 Å². The lowest BCUT2D eigenvalue weighted by Crippen LogP contribution is -2.36. The van der Waals surface area contributed by atoms with Gasteiger partial charge < -0.3 is 10.0 Å². The summed E-state index contributed by atoms with van der Waals surface area (Å²) >= 11 is 0. The van der Waals surface area contributed by atoms with Crippen molar-refractivity contribution in [3.8, 4) is 17.1 Å². The van der Waals surface area contributed by atoms with Crippen LogP contribution >= 0.6 is 0 Å². The molecule has 2 heterocycles. The normalized spacial score (nSPS) is 13.7. The van der Waals surface area contributed by atoms with E-state index >= 15 is 0 Å². The number of hydrogen-bond acceptors (Lipinski definition) is 4. The SMILES string of the molecule is Cc1ccc2c(c1O)CCN(C(=O)c1nc(-c3ccc(C(F)(F)F)cc3)nc3ccccc13)C2. The number of para-hydroxylation sites is 1. The van der Waals surface area contributed by atoms with Crippen LogP contribution < -0.4 is 0 Å². The standard InChI is InChI=1S/C26H20F3N3O2/c1-15-6-7-17-14-32(13-12-19(17)23(15)33)25(34)22-20-4-2-3-5-21(20)30-24(31-22)16-8-10-18(11-9-16)26(27,28)29/h2-11,33H,12-14H2,1H3. The summed E-state index contributed by atoms with van der Waals surface area (Å²) < 4.78 is 38.9. The van der Waals surface area contributed by atoms with Gasteiger partial charge in [0.25, 0.3) is 5.91 Å². The first-order valence-electron chi connectivity index (χ1n) is 10.8. The first-order chi connectivity index (χ1) is 16.2. The fourth-order valence-electron chi connectivity index (χ4n) is 4.25. The summed E-state index contributed by atoms with van der Waals surface area (Å²) in [5.74, 6) is 0.153. The van der Waals surface area contributed by atoms with Crippen molar-refractivity contribution in [3.05, 3.63) is 88.6 Å². The van der Waals surface area contributed by atoms with Gasteiger partial charge in [-0.15, -0.1) is 0 Å². The third kappa shape index (κ3) is 3.85. The molecular formula is C26H20F3N3O2. The Bertz CT molecular complexity index is 1420. The number of aromatic hydroxyl groups is 1. The van der Waals surface area contributed by atoms with Gasteiger partial charge in [0.15, 0.2) is 5.82 Å². The van der Waals surface area contributed by atoms with Crippen molar-refractivity contribution in [1.29, 1.82) is 0 Å². The number of carbonyl (C=O) groups excluding carboxylic acids is 1. The molecule has 0 atom stereocenters. The number of nitrogens with zero attached hydrogens (tertiary/aromatic N) is 3. The smallest absolute Gasteiger partial charge is 0.416 e. The molecule has 0 saturated heterocycles. The van der Waals surface area contributed by atoms with E-state index in [9.17, 15) is 23.1 Å². The lowest BCUT2D eigenvalue weighted by Gasteiger charge is -2.29. The van der Waals surface area contributed by atoms with Gasteiger partial charge in [0.2, 0.25) is 0 Å². The molecule has 4 aromatic rings. The molecular weight excluding hydrogens is 443 g/mol. The predicted octanol–water partition coefficient (Wildman–Crippen LogP) is 5.53. The Hall–Kier alpha value is -3.94. The largest absolute Gasteiger partial charge is 0.507 e. The molecule has 3 aromatic carbocycles. The average Bonchev–Trinajstić information content (AvgIpc) is 2.84. The maximum atomic E-state index is 13.6. The number of rotatable bonds is 2. The summed E-state index contributed by atoms with van der Waals surface area (Å²) in [5, 5.41) is 10.9. The van der Waals surface area contributed by atoms with Crippen molar-refractivity contribution in [2.24, 2.45) is 0 Å². The summed E-state index contributed by atoms with van der Waals surface area (Å²) in [6.45, 7) is 2.58. The molecule has 0 aliphatic carbocycles. The van der Waals surface area contributed by atoms with Gasteiger partial charge in [-0.25, -0.2) is 9.97 Å². The summed E-state index contributed by atoms with van der Waals surface area (Å²) in [5.41, 5.74) is 2.87. The van der Waals surface area contributed by atoms with E-state index in [1.807, 2.05) is 19.1 Å². The molecule has 8 heteroatoms. The van der Waals surface area contributed by atoms with Crippen LogP contribution in [0.3, 0.4) is 0 Å². The number of aromatic nitrogens is 2. The average molecular weight is 463 g/mol. The minimum absolute atomic E-state index is 0.182. The van der Waals surface area contributed by atoms with E-state index in [0.717, 1.165) is 28.8 Å². The molecule has 0 unspecified atom stereocenters. The van der Waals surface area contributed by atoms with Crippen molar-refractivity contribution in [3.63, 3.8) is 0 Å². The first kappa shape index (κ1) is 21.9. The Morgan fingerprint density at radius 2 is 1.74 bits per heavy atom. The molecule has 0 fully saturated rings. The zero-order valence-corrected chi connectivity index (χ0v) is 18.2. The van der Waals surface area contributed by atoms with Crippen LogP contribution in [0.4, 0.5) is 13.2 Å². The molecule has 34 heavy (non-hydrogen) atoms. The van der Waals surface area contributed by atoms with Crippen molar-refractivity contribution in [2.45, 2.75) is 26.1 Å². The van der Waals surface area contributed by atoms with E-state index in [1.54, 1.807) is 29.2 Å². The van der Waals surface area contributed by atoms with Gasteiger partial charge in [0.05, 0.1) is 11.1 Å². The monoisotopic (exact) mass is 463 g/mol. The van der Waals surface area contributed by atoms with Gasteiger partial charge in [-0.1, -0.05) is 42.5 Å². The van der Waals surface area contributed by atoms with E-state index in [2.05, 4.69) is 9.97 Å². The van der Waals surface area contributed by atoms with Crippen LogP contribution in [0.2, 0.25) is 0 Å². The van der Waals surface area contributed by atoms with E-state index in [0.29, 0.717) is 36.0 Å². The van der Waals surface area contributed by atoms with Gasteiger partial charge in [0, 0.05) is 29.6 Å². The molecule has 1 aromatic heterocycles. The number of phenols is 1. The third-order valence-corrected chi connectivity index (χ3v) is 6.14. The van der Waals surface area contributed by atoms with Gasteiger partial charge in [0.1, 0.15) is 11.4 Å². The Labute approximate surface area is 193 Å². The predicted molar refractivity (Wildman–Crippen MR) is 121 cm³/mol. The Morgan fingerprint density at radius 1 is 1.00 bits per heavy atom. The number of aryl methyl sites for hydroxylation is 1. The minimum atomic E-state index is -4.44. The minimum Gasteiger partial charge on any atom is -0.507 e. The molecule has 0 saturated carbocycles. The maximum absolute atomic E-state index is 13.6. The molecule has 1 N–H and O–H groups in total. The topological polar surface area (TPSA) is 66.3 Å². The van der Waals surface area contributed by atoms with E-state index in [4.69, 9.17) is 0 Å². The van der Waals surface area contributed by atoms with Gasteiger partial charge in [-0.3, -0.25) is 4.79 Å². The highest BCUT2D eigenvalue weighted by Gasteiger charge is 2.30. The van der Waals surface area contributed by atoms with Gasteiger partial charge in [-0.05, 0) is 42.7 Å². The molecule has 5 nitrogen and oxygen atoms in total. The second-order valence-electron chi connectivity index (χ2n) is 8.33. The van der Waals surface area contributed by atoms with Crippen LogP contribution in [0.15, 0.2) is 60.7 Å². The highest BCUT2D eigenvalue weighted by atomic mass is 19.4. The van der Waals surface area contributed by atoms with E-state index in [1.165, 1.54) is 12.1 Å². The van der Waals surface area contributed by atoms with E-state index in [-0.39, 0.29) is 23.2 Å². The van der Waals surface area contributed by atoms with Gasteiger partial charge >= 0.3 is 6.18 Å². The summed E-state index contributed by atoms with van der Waals surface area (Å²) in [7, 11) is 0. The fourth-order valence-corrected chi connectivity index (χ4v) is 4.25. The second kappa shape index (κ2) is 8.13. The molecule has 0 spiro atoms.